The van der Waals surface area contributed by atoms with E-state index in [1.165, 1.54) is 12.1 Å². The van der Waals surface area contributed by atoms with Crippen LogP contribution in [0.4, 0.5) is 10.1 Å². The first kappa shape index (κ1) is 14.1. The summed E-state index contributed by atoms with van der Waals surface area (Å²) >= 11 is 0. The molecule has 1 unspecified atom stereocenters. The summed E-state index contributed by atoms with van der Waals surface area (Å²) in [7, 11) is 1.80. The zero-order valence-corrected chi connectivity index (χ0v) is 11.0. The first-order chi connectivity index (χ1) is 9.61. The van der Waals surface area contributed by atoms with E-state index >= 15 is 0 Å². The summed E-state index contributed by atoms with van der Waals surface area (Å²) in [5.41, 5.74) is 1.37. The zero-order valence-electron chi connectivity index (χ0n) is 11.0. The predicted octanol–water partition coefficient (Wildman–Crippen LogP) is 3.24. The van der Waals surface area contributed by atoms with E-state index in [0.717, 1.165) is 11.6 Å². The Labute approximate surface area is 116 Å². The maximum atomic E-state index is 13.1. The van der Waals surface area contributed by atoms with Gasteiger partial charge in [0, 0.05) is 11.6 Å². The van der Waals surface area contributed by atoms with Gasteiger partial charge in [0.05, 0.1) is 11.0 Å². The normalized spacial score (nSPS) is 12.1. The molecule has 0 aliphatic heterocycles. The minimum absolute atomic E-state index is 0.0552. The van der Waals surface area contributed by atoms with E-state index in [2.05, 4.69) is 5.32 Å². The van der Waals surface area contributed by atoms with Gasteiger partial charge in [-0.25, -0.2) is 4.39 Å². The number of nitrogens with one attached hydrogen (secondary N) is 1. The molecule has 4 nitrogen and oxygen atoms in total. The number of nitrogens with zero attached hydrogens (tertiary/aromatic N) is 1. The maximum Gasteiger partial charge on any atom is 0.275 e. The summed E-state index contributed by atoms with van der Waals surface area (Å²) < 4.78 is 13.1. The van der Waals surface area contributed by atoms with Gasteiger partial charge in [0.25, 0.3) is 5.69 Å². The van der Waals surface area contributed by atoms with E-state index in [4.69, 9.17) is 0 Å². The summed E-state index contributed by atoms with van der Waals surface area (Å²) in [6.45, 7) is 0. The first-order valence-corrected chi connectivity index (χ1v) is 6.27. The van der Waals surface area contributed by atoms with Crippen molar-refractivity contribution < 1.29 is 9.31 Å². The number of benzene rings is 2. The molecule has 20 heavy (non-hydrogen) atoms. The molecule has 2 aromatic rings. The first-order valence-electron chi connectivity index (χ1n) is 6.27. The van der Waals surface area contributed by atoms with Crippen molar-refractivity contribution in [1.82, 2.24) is 5.32 Å². The summed E-state index contributed by atoms with van der Waals surface area (Å²) in [4.78, 5) is 10.5. The third kappa shape index (κ3) is 3.19. The quantitative estimate of drug-likeness (QED) is 0.672. The van der Waals surface area contributed by atoms with Gasteiger partial charge < -0.3 is 5.32 Å². The number of nitro groups is 1. The second-order valence-corrected chi connectivity index (χ2v) is 4.49. The highest BCUT2D eigenvalue weighted by atomic mass is 19.1. The molecule has 0 bridgehead atoms. The average Bonchev–Trinajstić information content (AvgIpc) is 2.46. The Hall–Kier alpha value is -2.27. The molecule has 0 aliphatic carbocycles. The van der Waals surface area contributed by atoms with Crippen LogP contribution in [0, 0.1) is 15.9 Å². The molecule has 0 aromatic heterocycles. The van der Waals surface area contributed by atoms with E-state index in [9.17, 15) is 14.5 Å². The molecule has 0 radical (unpaired) electrons. The lowest BCUT2D eigenvalue weighted by atomic mass is 9.98. The highest BCUT2D eigenvalue weighted by Crippen LogP contribution is 2.25. The van der Waals surface area contributed by atoms with Crippen LogP contribution in [-0.2, 0) is 6.42 Å². The minimum atomic E-state index is -0.596. The lowest BCUT2D eigenvalue weighted by Gasteiger charge is -2.16. The van der Waals surface area contributed by atoms with Crippen molar-refractivity contribution in [1.29, 1.82) is 0 Å². The Balaban J connectivity index is 2.31. The third-order valence-corrected chi connectivity index (χ3v) is 3.22. The van der Waals surface area contributed by atoms with Gasteiger partial charge in [0.1, 0.15) is 5.82 Å². The monoisotopic (exact) mass is 274 g/mol. The average molecular weight is 274 g/mol. The standard InChI is InChI=1S/C15H15FN2O2/c1-17-14(11-5-3-2-4-6-11)9-12-7-8-13(16)10-15(12)18(19)20/h2-8,10,14,17H,9H2,1H3. The van der Waals surface area contributed by atoms with Crippen LogP contribution in [0.3, 0.4) is 0 Å². The SMILES string of the molecule is CNC(Cc1ccc(F)cc1[N+](=O)[O-])c1ccccc1. The Morgan fingerprint density at radius 2 is 1.95 bits per heavy atom. The topological polar surface area (TPSA) is 55.2 Å². The van der Waals surface area contributed by atoms with Gasteiger partial charge in [-0.05, 0) is 31.2 Å². The molecule has 2 aromatic carbocycles. The third-order valence-electron chi connectivity index (χ3n) is 3.22. The van der Waals surface area contributed by atoms with Gasteiger partial charge in [-0.3, -0.25) is 10.1 Å². The molecule has 1 N–H and O–H groups in total. The molecule has 0 saturated heterocycles. The van der Waals surface area contributed by atoms with Crippen LogP contribution in [0.25, 0.3) is 0 Å². The Morgan fingerprint density at radius 3 is 2.55 bits per heavy atom. The van der Waals surface area contributed by atoms with Crippen LogP contribution < -0.4 is 5.32 Å². The Bertz CT molecular complexity index is 602. The van der Waals surface area contributed by atoms with Crippen molar-refractivity contribution in [2.75, 3.05) is 7.05 Å². The van der Waals surface area contributed by atoms with Crippen LogP contribution in [0.15, 0.2) is 48.5 Å². The van der Waals surface area contributed by atoms with Crippen molar-refractivity contribution in [2.45, 2.75) is 12.5 Å². The molecular formula is C15H15FN2O2. The molecular weight excluding hydrogens is 259 g/mol. The van der Waals surface area contributed by atoms with E-state index in [1.807, 2.05) is 30.3 Å². The van der Waals surface area contributed by atoms with Crippen molar-refractivity contribution in [2.24, 2.45) is 0 Å². The van der Waals surface area contributed by atoms with Crippen LogP contribution >= 0.6 is 0 Å². The second kappa shape index (κ2) is 6.25. The summed E-state index contributed by atoms with van der Waals surface area (Å²) in [5.74, 6) is -0.596. The summed E-state index contributed by atoms with van der Waals surface area (Å²) in [5, 5.41) is 14.1. The number of hydrogen-bond donors (Lipinski definition) is 1. The molecule has 0 fully saturated rings. The maximum absolute atomic E-state index is 13.1. The highest BCUT2D eigenvalue weighted by Gasteiger charge is 2.19. The van der Waals surface area contributed by atoms with E-state index < -0.39 is 10.7 Å². The molecule has 1 atom stereocenters. The van der Waals surface area contributed by atoms with Gasteiger partial charge >= 0.3 is 0 Å². The van der Waals surface area contributed by atoms with E-state index in [0.29, 0.717) is 12.0 Å². The fourth-order valence-electron chi connectivity index (χ4n) is 2.17. The molecule has 0 saturated carbocycles. The summed E-state index contributed by atoms with van der Waals surface area (Å²) in [6.07, 6.45) is 0.428. The van der Waals surface area contributed by atoms with Crippen LogP contribution in [0.2, 0.25) is 0 Å². The molecule has 0 heterocycles. The van der Waals surface area contributed by atoms with Gasteiger partial charge in [-0.2, -0.15) is 0 Å². The van der Waals surface area contributed by atoms with E-state index in [1.54, 1.807) is 7.05 Å². The largest absolute Gasteiger partial charge is 0.313 e. The van der Waals surface area contributed by atoms with Crippen LogP contribution in [0.5, 0.6) is 0 Å². The van der Waals surface area contributed by atoms with Crippen molar-refractivity contribution in [3.8, 4) is 0 Å². The molecule has 0 spiro atoms. The van der Waals surface area contributed by atoms with Crippen molar-refractivity contribution in [3.05, 3.63) is 75.6 Å². The Morgan fingerprint density at radius 1 is 1.25 bits per heavy atom. The molecule has 0 amide bonds. The molecule has 2 rings (SSSR count). The number of rotatable bonds is 5. The number of nitro benzene ring substituents is 1. The fraction of sp³-hybridized carbons (Fsp3) is 0.200. The second-order valence-electron chi connectivity index (χ2n) is 4.49. The van der Waals surface area contributed by atoms with Gasteiger partial charge in [0.2, 0.25) is 0 Å². The van der Waals surface area contributed by atoms with Gasteiger partial charge in [-0.15, -0.1) is 0 Å². The zero-order chi connectivity index (χ0) is 14.5. The lowest BCUT2D eigenvalue weighted by molar-refractivity contribution is -0.385. The number of hydrogen-bond acceptors (Lipinski definition) is 3. The van der Waals surface area contributed by atoms with Crippen LogP contribution in [-0.4, -0.2) is 12.0 Å². The molecule has 0 aliphatic rings. The number of halogens is 1. The summed E-state index contributed by atoms with van der Waals surface area (Å²) in [6, 6.07) is 13.3. The molecule has 5 heteroatoms. The van der Waals surface area contributed by atoms with Gasteiger partial charge in [0.15, 0.2) is 0 Å². The van der Waals surface area contributed by atoms with E-state index in [-0.39, 0.29) is 11.7 Å². The van der Waals surface area contributed by atoms with Gasteiger partial charge in [-0.1, -0.05) is 30.3 Å². The van der Waals surface area contributed by atoms with Crippen LogP contribution in [0.1, 0.15) is 17.2 Å². The van der Waals surface area contributed by atoms with Crippen molar-refractivity contribution >= 4 is 5.69 Å². The number of likely N-dealkylation sites (N-methyl/N-ethyl adjacent to an activating group) is 1. The fourth-order valence-corrected chi connectivity index (χ4v) is 2.17. The predicted molar refractivity (Wildman–Crippen MR) is 75.0 cm³/mol. The Kier molecular flexibility index (Phi) is 4.42. The van der Waals surface area contributed by atoms with Crippen molar-refractivity contribution in [3.63, 3.8) is 0 Å². The molecule has 104 valence electrons. The smallest absolute Gasteiger partial charge is 0.275 e. The lowest BCUT2D eigenvalue weighted by Crippen LogP contribution is -2.19. The minimum Gasteiger partial charge on any atom is -0.313 e. The highest BCUT2D eigenvalue weighted by molar-refractivity contribution is 5.41.